The van der Waals surface area contributed by atoms with Gasteiger partial charge >= 0.3 is 0 Å². The van der Waals surface area contributed by atoms with E-state index in [4.69, 9.17) is 4.74 Å². The zero-order valence-electron chi connectivity index (χ0n) is 13.8. The number of nitrogens with zero attached hydrogens (tertiary/aromatic N) is 1. The van der Waals surface area contributed by atoms with Crippen molar-refractivity contribution in [1.82, 2.24) is 4.90 Å². The van der Waals surface area contributed by atoms with Crippen molar-refractivity contribution in [2.75, 3.05) is 13.7 Å². The van der Waals surface area contributed by atoms with Gasteiger partial charge in [0.2, 0.25) is 11.8 Å². The van der Waals surface area contributed by atoms with Gasteiger partial charge in [-0.1, -0.05) is 12.1 Å². The van der Waals surface area contributed by atoms with Crippen LogP contribution in [0.1, 0.15) is 43.7 Å². The lowest BCUT2D eigenvalue weighted by molar-refractivity contribution is -0.141. The monoisotopic (exact) mass is 339 g/mol. The Labute approximate surface area is 140 Å². The normalized spacial score (nSPS) is 27.2. The summed E-state index contributed by atoms with van der Waals surface area (Å²) in [6.07, 6.45) is -0.170. The van der Waals surface area contributed by atoms with E-state index in [9.17, 15) is 18.7 Å². The Morgan fingerprint density at radius 3 is 2.71 bits per heavy atom. The Morgan fingerprint density at radius 2 is 2.04 bits per heavy atom. The number of rotatable bonds is 3. The highest BCUT2D eigenvalue weighted by Crippen LogP contribution is 2.40. The molecule has 1 aliphatic heterocycles. The number of likely N-dealkylation sites (tertiary alicyclic amines) is 1. The molecule has 1 saturated heterocycles. The third-order valence-electron chi connectivity index (χ3n) is 5.11. The first-order valence-electron chi connectivity index (χ1n) is 8.40. The molecular formula is C18H23F2NO3. The Hall–Kier alpha value is -1.69. The summed E-state index contributed by atoms with van der Waals surface area (Å²) < 4.78 is 31.9. The van der Waals surface area contributed by atoms with E-state index in [0.29, 0.717) is 12.2 Å². The summed E-state index contributed by atoms with van der Waals surface area (Å²) in [5.41, 5.74) is 0.903. The average Bonchev–Trinajstić information content (AvgIpc) is 2.96. The van der Waals surface area contributed by atoms with Crippen LogP contribution in [0, 0.1) is 5.92 Å². The summed E-state index contributed by atoms with van der Waals surface area (Å²) in [5.74, 6) is -2.44. The molecule has 132 valence electrons. The molecule has 24 heavy (non-hydrogen) atoms. The molecule has 1 aliphatic carbocycles. The maximum Gasteiger partial charge on any atom is 0.248 e. The number of alkyl halides is 2. The number of hydrogen-bond donors (Lipinski definition) is 1. The largest absolute Gasteiger partial charge is 0.497 e. The quantitative estimate of drug-likeness (QED) is 0.920. The molecule has 2 aliphatic rings. The molecule has 1 N–H and O–H groups in total. The van der Waals surface area contributed by atoms with Gasteiger partial charge in [0.25, 0.3) is 0 Å². The van der Waals surface area contributed by atoms with Crippen LogP contribution in [0.4, 0.5) is 8.78 Å². The van der Waals surface area contributed by atoms with Gasteiger partial charge in [0.15, 0.2) is 0 Å². The highest BCUT2D eigenvalue weighted by atomic mass is 19.3. The molecular weight excluding hydrogens is 316 g/mol. The molecule has 0 aromatic heterocycles. The molecule has 3 rings (SSSR count). The van der Waals surface area contributed by atoms with Crippen LogP contribution in [0.25, 0.3) is 0 Å². The second kappa shape index (κ2) is 6.67. The fraction of sp³-hybridized carbons (Fsp3) is 0.611. The number of aliphatic hydroxyl groups is 1. The summed E-state index contributed by atoms with van der Waals surface area (Å²) >= 11 is 0. The lowest BCUT2D eigenvalue weighted by atomic mass is 9.85. The lowest BCUT2D eigenvalue weighted by Gasteiger charge is -2.33. The molecule has 0 radical (unpaired) electrons. The Morgan fingerprint density at radius 1 is 1.33 bits per heavy atom. The summed E-state index contributed by atoms with van der Waals surface area (Å²) in [7, 11) is 1.58. The van der Waals surface area contributed by atoms with Crippen molar-refractivity contribution >= 4 is 5.91 Å². The van der Waals surface area contributed by atoms with Gasteiger partial charge in [0.05, 0.1) is 19.3 Å². The molecule has 6 heteroatoms. The number of carbonyl (C=O) groups is 1. The minimum absolute atomic E-state index is 0.116. The predicted octanol–water partition coefficient (Wildman–Crippen LogP) is 3.16. The van der Waals surface area contributed by atoms with E-state index < -0.39 is 12.0 Å². The predicted molar refractivity (Wildman–Crippen MR) is 85.0 cm³/mol. The first-order chi connectivity index (χ1) is 11.4. The van der Waals surface area contributed by atoms with Crippen molar-refractivity contribution in [3.8, 4) is 5.75 Å². The first kappa shape index (κ1) is 17.1. The lowest BCUT2D eigenvalue weighted by Crippen LogP contribution is -2.39. The van der Waals surface area contributed by atoms with Gasteiger partial charge in [-0.15, -0.1) is 0 Å². The number of halogens is 2. The Bertz CT molecular complexity index is 598. The van der Waals surface area contributed by atoms with Crippen LogP contribution in [0.3, 0.4) is 0 Å². The first-order valence-corrected chi connectivity index (χ1v) is 8.40. The van der Waals surface area contributed by atoms with E-state index in [1.54, 1.807) is 12.0 Å². The molecule has 4 nitrogen and oxygen atoms in total. The maximum atomic E-state index is 13.3. The number of methoxy groups -OCH3 is 1. The number of amides is 1. The van der Waals surface area contributed by atoms with Crippen LogP contribution in [-0.4, -0.2) is 41.6 Å². The fourth-order valence-electron chi connectivity index (χ4n) is 3.74. The second-order valence-electron chi connectivity index (χ2n) is 6.80. The molecule has 1 saturated carbocycles. The smallest absolute Gasteiger partial charge is 0.248 e. The number of ether oxygens (including phenoxy) is 1. The van der Waals surface area contributed by atoms with Crippen LogP contribution in [0.15, 0.2) is 24.3 Å². The van der Waals surface area contributed by atoms with Gasteiger partial charge in [-0.2, -0.15) is 0 Å². The van der Waals surface area contributed by atoms with E-state index in [1.165, 1.54) is 0 Å². The van der Waals surface area contributed by atoms with Gasteiger partial charge in [0, 0.05) is 25.3 Å². The third kappa shape index (κ3) is 3.53. The molecule has 2 unspecified atom stereocenters. The van der Waals surface area contributed by atoms with Crippen molar-refractivity contribution in [1.29, 1.82) is 0 Å². The Balaban J connectivity index is 1.76. The molecule has 1 aromatic rings. The van der Waals surface area contributed by atoms with Crippen molar-refractivity contribution in [2.24, 2.45) is 5.92 Å². The molecule has 2 atom stereocenters. The van der Waals surface area contributed by atoms with Crippen LogP contribution < -0.4 is 4.74 Å². The van der Waals surface area contributed by atoms with Crippen molar-refractivity contribution in [3.63, 3.8) is 0 Å². The van der Waals surface area contributed by atoms with Gasteiger partial charge < -0.3 is 14.7 Å². The van der Waals surface area contributed by atoms with Crippen molar-refractivity contribution in [3.05, 3.63) is 29.8 Å². The molecule has 1 amide bonds. The van der Waals surface area contributed by atoms with Gasteiger partial charge in [-0.25, -0.2) is 8.78 Å². The minimum atomic E-state index is -2.65. The molecule has 1 heterocycles. The van der Waals surface area contributed by atoms with E-state index in [2.05, 4.69) is 0 Å². The average molecular weight is 339 g/mol. The molecule has 2 fully saturated rings. The second-order valence-corrected chi connectivity index (χ2v) is 6.80. The van der Waals surface area contributed by atoms with Crippen molar-refractivity contribution in [2.45, 2.75) is 50.2 Å². The van der Waals surface area contributed by atoms with Crippen LogP contribution in [0.5, 0.6) is 5.75 Å². The van der Waals surface area contributed by atoms with Gasteiger partial charge in [-0.3, -0.25) is 4.79 Å². The zero-order valence-corrected chi connectivity index (χ0v) is 13.8. The number of β-amino-alcohol motifs (C(OH)–C–C–N with tert-alkyl or cyclic N) is 1. The summed E-state index contributed by atoms with van der Waals surface area (Å²) in [5, 5.41) is 10.0. The van der Waals surface area contributed by atoms with Crippen LogP contribution >= 0.6 is 0 Å². The summed E-state index contributed by atoms with van der Waals surface area (Å²) in [4.78, 5) is 14.5. The fourth-order valence-corrected chi connectivity index (χ4v) is 3.74. The summed E-state index contributed by atoms with van der Waals surface area (Å²) in [6, 6.07) is 7.20. The van der Waals surface area contributed by atoms with Crippen molar-refractivity contribution < 1.29 is 23.4 Å². The molecule has 0 spiro atoms. The number of benzene rings is 1. The third-order valence-corrected chi connectivity index (χ3v) is 5.11. The molecule has 1 aromatic carbocycles. The highest BCUT2D eigenvalue weighted by molar-refractivity contribution is 5.80. The van der Waals surface area contributed by atoms with E-state index in [1.807, 2.05) is 24.3 Å². The standard InChI is InChI=1S/C18H23F2NO3/c1-24-15-4-2-3-13(9-15)16-10-14(22)11-21(16)17(23)12-5-7-18(19,20)8-6-12/h2-4,9,12,14,16,22H,5-8,10-11H2,1H3. The van der Waals surface area contributed by atoms with Gasteiger partial charge in [-0.05, 0) is 37.0 Å². The van der Waals surface area contributed by atoms with Crippen LogP contribution in [0.2, 0.25) is 0 Å². The van der Waals surface area contributed by atoms with E-state index >= 15 is 0 Å². The highest BCUT2D eigenvalue weighted by Gasteiger charge is 2.42. The zero-order chi connectivity index (χ0) is 17.3. The Kier molecular flexibility index (Phi) is 4.76. The molecule has 0 bridgehead atoms. The van der Waals surface area contributed by atoms with Gasteiger partial charge in [0.1, 0.15) is 5.75 Å². The summed E-state index contributed by atoms with van der Waals surface area (Å²) in [6.45, 7) is 0.258. The number of hydrogen-bond acceptors (Lipinski definition) is 3. The SMILES string of the molecule is COc1cccc(C2CC(O)CN2C(=O)C2CCC(F)(F)CC2)c1. The topological polar surface area (TPSA) is 49.8 Å². The van der Waals surface area contributed by atoms with Crippen LogP contribution in [-0.2, 0) is 4.79 Å². The number of aliphatic hydroxyl groups excluding tert-OH is 1. The van der Waals surface area contributed by atoms with E-state index in [-0.39, 0.29) is 50.1 Å². The minimum Gasteiger partial charge on any atom is -0.497 e. The maximum absolute atomic E-state index is 13.3. The van der Waals surface area contributed by atoms with E-state index in [0.717, 1.165) is 5.56 Å². The number of carbonyl (C=O) groups excluding carboxylic acids is 1.